The van der Waals surface area contributed by atoms with Gasteiger partial charge in [0.2, 0.25) is 0 Å². The van der Waals surface area contributed by atoms with Crippen molar-refractivity contribution >= 4 is 28.8 Å². The Morgan fingerprint density at radius 3 is 2.94 bits per heavy atom. The quantitative estimate of drug-likeness (QED) is 0.933. The Labute approximate surface area is 114 Å². The lowest BCUT2D eigenvalue weighted by Gasteiger charge is -2.09. The van der Waals surface area contributed by atoms with E-state index in [4.69, 9.17) is 16.3 Å². The Hall–Kier alpha value is -1.52. The van der Waals surface area contributed by atoms with Crippen LogP contribution in [0.2, 0.25) is 5.02 Å². The molecule has 1 N–H and O–H groups in total. The molecule has 0 atom stereocenters. The summed E-state index contributed by atoms with van der Waals surface area (Å²) in [5, 5.41) is 7.31. The van der Waals surface area contributed by atoms with Crippen LogP contribution in [0.4, 0.5) is 0 Å². The largest absolute Gasteiger partial charge is 0.496 e. The van der Waals surface area contributed by atoms with Gasteiger partial charge in [0, 0.05) is 11.6 Å². The molecule has 0 fully saturated rings. The fourth-order valence-electron chi connectivity index (χ4n) is 1.53. The third-order valence-corrected chi connectivity index (χ3v) is 3.41. The van der Waals surface area contributed by atoms with Crippen molar-refractivity contribution < 1.29 is 9.53 Å². The molecule has 1 aromatic carbocycles. The molecule has 1 aromatic heterocycles. The maximum atomic E-state index is 12.0. The average Bonchev–Trinajstić information content (AvgIpc) is 2.89. The van der Waals surface area contributed by atoms with Gasteiger partial charge in [-0.3, -0.25) is 4.79 Å². The highest BCUT2D eigenvalue weighted by Gasteiger charge is 2.12. The standard InChI is InChI=1S/C13H12ClNO2S/c1-17-12-3-2-10(14)6-11(12)13(16)15-7-9-4-5-18-8-9/h2-6,8H,7H2,1H3,(H,15,16). The summed E-state index contributed by atoms with van der Waals surface area (Å²) >= 11 is 7.48. The molecule has 0 bridgehead atoms. The van der Waals surface area contributed by atoms with Crippen molar-refractivity contribution in [3.8, 4) is 5.75 Å². The van der Waals surface area contributed by atoms with Crippen molar-refractivity contribution in [2.75, 3.05) is 7.11 Å². The Morgan fingerprint density at radius 2 is 2.28 bits per heavy atom. The summed E-state index contributed by atoms with van der Waals surface area (Å²) in [7, 11) is 1.53. The van der Waals surface area contributed by atoms with Crippen molar-refractivity contribution in [2.45, 2.75) is 6.54 Å². The number of ether oxygens (including phenoxy) is 1. The monoisotopic (exact) mass is 281 g/mol. The van der Waals surface area contributed by atoms with E-state index in [1.807, 2.05) is 16.8 Å². The highest BCUT2D eigenvalue weighted by molar-refractivity contribution is 7.07. The number of methoxy groups -OCH3 is 1. The van der Waals surface area contributed by atoms with Gasteiger partial charge in [0.25, 0.3) is 5.91 Å². The van der Waals surface area contributed by atoms with E-state index in [1.54, 1.807) is 29.5 Å². The van der Waals surface area contributed by atoms with Gasteiger partial charge in [0.15, 0.2) is 0 Å². The molecule has 3 nitrogen and oxygen atoms in total. The Bertz CT molecular complexity index is 540. The minimum atomic E-state index is -0.194. The molecule has 18 heavy (non-hydrogen) atoms. The molecule has 0 aliphatic carbocycles. The molecule has 0 saturated heterocycles. The zero-order chi connectivity index (χ0) is 13.0. The maximum absolute atomic E-state index is 12.0. The van der Waals surface area contributed by atoms with Gasteiger partial charge >= 0.3 is 0 Å². The lowest BCUT2D eigenvalue weighted by atomic mass is 10.2. The van der Waals surface area contributed by atoms with E-state index in [9.17, 15) is 4.79 Å². The molecule has 94 valence electrons. The van der Waals surface area contributed by atoms with E-state index in [0.29, 0.717) is 22.9 Å². The van der Waals surface area contributed by atoms with Gasteiger partial charge in [-0.05, 0) is 40.6 Å². The number of benzene rings is 1. The summed E-state index contributed by atoms with van der Waals surface area (Å²) in [6, 6.07) is 6.95. The Kier molecular flexibility index (Phi) is 4.23. The number of amides is 1. The molecule has 1 amide bonds. The van der Waals surface area contributed by atoms with Gasteiger partial charge in [-0.15, -0.1) is 0 Å². The third-order valence-electron chi connectivity index (χ3n) is 2.44. The zero-order valence-corrected chi connectivity index (χ0v) is 11.3. The predicted octanol–water partition coefficient (Wildman–Crippen LogP) is 3.34. The summed E-state index contributed by atoms with van der Waals surface area (Å²) in [6.07, 6.45) is 0. The number of hydrogen-bond donors (Lipinski definition) is 1. The number of thiophene rings is 1. The van der Waals surface area contributed by atoms with Crippen molar-refractivity contribution in [1.29, 1.82) is 0 Å². The van der Waals surface area contributed by atoms with Crippen molar-refractivity contribution in [1.82, 2.24) is 5.32 Å². The average molecular weight is 282 g/mol. The van der Waals surface area contributed by atoms with Crippen LogP contribution in [0, 0.1) is 0 Å². The smallest absolute Gasteiger partial charge is 0.255 e. The normalized spacial score (nSPS) is 10.1. The lowest BCUT2D eigenvalue weighted by molar-refractivity contribution is 0.0948. The topological polar surface area (TPSA) is 38.3 Å². The second-order valence-corrected chi connectivity index (χ2v) is 4.88. The van der Waals surface area contributed by atoms with Crippen LogP contribution in [0.5, 0.6) is 5.75 Å². The molecular formula is C13H12ClNO2S. The second-order valence-electron chi connectivity index (χ2n) is 3.66. The van der Waals surface area contributed by atoms with Crippen LogP contribution < -0.4 is 10.1 Å². The van der Waals surface area contributed by atoms with E-state index in [2.05, 4.69) is 5.32 Å². The highest BCUT2D eigenvalue weighted by Crippen LogP contribution is 2.22. The Morgan fingerprint density at radius 1 is 1.44 bits per heavy atom. The summed E-state index contributed by atoms with van der Waals surface area (Å²) in [4.78, 5) is 12.0. The first kappa shape index (κ1) is 12.9. The molecule has 0 saturated carbocycles. The summed E-state index contributed by atoms with van der Waals surface area (Å²) < 4.78 is 5.14. The molecule has 1 heterocycles. The first-order chi connectivity index (χ1) is 8.70. The number of carbonyl (C=O) groups is 1. The van der Waals surface area contributed by atoms with Crippen molar-refractivity contribution in [2.24, 2.45) is 0 Å². The Balaban J connectivity index is 2.10. The highest BCUT2D eigenvalue weighted by atomic mass is 35.5. The van der Waals surface area contributed by atoms with E-state index in [-0.39, 0.29) is 5.91 Å². The van der Waals surface area contributed by atoms with E-state index >= 15 is 0 Å². The van der Waals surface area contributed by atoms with Crippen molar-refractivity contribution in [3.05, 3.63) is 51.2 Å². The maximum Gasteiger partial charge on any atom is 0.255 e. The minimum Gasteiger partial charge on any atom is -0.496 e. The van der Waals surface area contributed by atoms with Gasteiger partial charge in [0.1, 0.15) is 5.75 Å². The van der Waals surface area contributed by atoms with Gasteiger partial charge in [-0.1, -0.05) is 11.6 Å². The van der Waals surface area contributed by atoms with Crippen LogP contribution >= 0.6 is 22.9 Å². The number of hydrogen-bond acceptors (Lipinski definition) is 3. The third kappa shape index (κ3) is 3.03. The zero-order valence-electron chi connectivity index (χ0n) is 9.77. The second kappa shape index (κ2) is 5.89. The predicted molar refractivity (Wildman–Crippen MR) is 73.5 cm³/mol. The van der Waals surface area contributed by atoms with Crippen LogP contribution in [0.25, 0.3) is 0 Å². The molecule has 0 unspecified atom stereocenters. The molecule has 2 rings (SSSR count). The first-order valence-electron chi connectivity index (χ1n) is 5.33. The van der Waals surface area contributed by atoms with E-state index in [1.165, 1.54) is 7.11 Å². The number of halogens is 1. The minimum absolute atomic E-state index is 0.194. The van der Waals surface area contributed by atoms with E-state index in [0.717, 1.165) is 5.56 Å². The van der Waals surface area contributed by atoms with E-state index < -0.39 is 0 Å². The lowest BCUT2D eigenvalue weighted by Crippen LogP contribution is -2.23. The number of nitrogens with one attached hydrogen (secondary N) is 1. The van der Waals surface area contributed by atoms with Crippen LogP contribution in [-0.2, 0) is 6.54 Å². The molecule has 5 heteroatoms. The molecule has 0 radical (unpaired) electrons. The number of rotatable bonds is 4. The van der Waals surface area contributed by atoms with Crippen LogP contribution in [-0.4, -0.2) is 13.0 Å². The SMILES string of the molecule is COc1ccc(Cl)cc1C(=O)NCc1ccsc1. The molecule has 0 spiro atoms. The first-order valence-corrected chi connectivity index (χ1v) is 6.65. The van der Waals surface area contributed by atoms with Crippen LogP contribution in [0.1, 0.15) is 15.9 Å². The summed E-state index contributed by atoms with van der Waals surface area (Å²) in [5.41, 5.74) is 1.52. The summed E-state index contributed by atoms with van der Waals surface area (Å²) in [5.74, 6) is 0.322. The van der Waals surface area contributed by atoms with Gasteiger partial charge in [0.05, 0.1) is 12.7 Å². The summed E-state index contributed by atoms with van der Waals surface area (Å²) in [6.45, 7) is 0.498. The fraction of sp³-hybridized carbons (Fsp3) is 0.154. The van der Waals surface area contributed by atoms with Gasteiger partial charge in [-0.25, -0.2) is 0 Å². The molecule has 0 aliphatic heterocycles. The van der Waals surface area contributed by atoms with Crippen molar-refractivity contribution in [3.63, 3.8) is 0 Å². The fourth-order valence-corrected chi connectivity index (χ4v) is 2.37. The van der Waals surface area contributed by atoms with Gasteiger partial charge in [-0.2, -0.15) is 11.3 Å². The van der Waals surface area contributed by atoms with Crippen LogP contribution in [0.3, 0.4) is 0 Å². The molecule has 2 aromatic rings. The van der Waals surface area contributed by atoms with Gasteiger partial charge < -0.3 is 10.1 Å². The molecular weight excluding hydrogens is 270 g/mol. The number of carbonyl (C=O) groups excluding carboxylic acids is 1. The molecule has 0 aliphatic rings. The van der Waals surface area contributed by atoms with Crippen LogP contribution in [0.15, 0.2) is 35.0 Å².